The average Bonchev–Trinajstić information content (AvgIpc) is 2.88. The summed E-state index contributed by atoms with van der Waals surface area (Å²) in [5, 5.41) is 2.05. The maximum absolute atomic E-state index is 10.7. The molecule has 0 bridgehead atoms. The first-order valence-corrected chi connectivity index (χ1v) is 5.73. The molecule has 0 spiro atoms. The number of fused-ring (bicyclic) bond motifs is 1. The molecule has 3 nitrogen and oxygen atoms in total. The first-order valence-electron chi connectivity index (χ1n) is 4.85. The summed E-state index contributed by atoms with van der Waals surface area (Å²) in [6.07, 6.45) is 2.54. The number of rotatable bonds is 2. The Hall–Kier alpha value is -1.94. The molecular formula is C12H8N2OS. The lowest BCUT2D eigenvalue weighted by atomic mass is 10.2. The van der Waals surface area contributed by atoms with E-state index in [0.717, 1.165) is 22.5 Å². The maximum Gasteiger partial charge on any atom is 0.194 e. The number of imidazole rings is 1. The molecule has 2 heterocycles. The molecule has 0 N–H and O–H groups in total. The normalized spacial score (nSPS) is 10.8. The number of carbonyl (C=O) groups is 1. The smallest absolute Gasteiger partial charge is 0.194 e. The van der Waals surface area contributed by atoms with Crippen LogP contribution in [0.4, 0.5) is 0 Å². The summed E-state index contributed by atoms with van der Waals surface area (Å²) < 4.78 is 1.95. The van der Waals surface area contributed by atoms with Crippen LogP contribution in [0.15, 0.2) is 41.9 Å². The van der Waals surface area contributed by atoms with E-state index in [1.165, 1.54) is 11.3 Å². The summed E-state index contributed by atoms with van der Waals surface area (Å²) in [5.74, 6) is 0. The van der Waals surface area contributed by atoms with Gasteiger partial charge in [-0.25, -0.2) is 4.98 Å². The van der Waals surface area contributed by atoms with Crippen molar-refractivity contribution < 1.29 is 4.79 Å². The second-order valence-electron chi connectivity index (χ2n) is 3.42. The van der Waals surface area contributed by atoms with E-state index in [2.05, 4.69) is 4.98 Å². The predicted molar refractivity (Wildman–Crippen MR) is 63.9 cm³/mol. The van der Waals surface area contributed by atoms with Crippen LogP contribution >= 0.6 is 11.3 Å². The predicted octanol–water partition coefficient (Wildman–Crippen LogP) is 2.88. The number of benzene rings is 1. The molecule has 0 saturated heterocycles. The third-order valence-corrected chi connectivity index (χ3v) is 3.26. The SMILES string of the molecule is O=Cc1cn2c(-c3ccccc3)csc2n1. The standard InChI is InChI=1S/C12H8N2OS/c15-7-10-6-14-11(8-16-12(14)13-10)9-4-2-1-3-5-9/h1-8H. The van der Waals surface area contributed by atoms with E-state index in [1.807, 2.05) is 40.1 Å². The third kappa shape index (κ3) is 1.35. The Morgan fingerprint density at radius 1 is 1.25 bits per heavy atom. The lowest BCUT2D eigenvalue weighted by molar-refractivity contribution is 0.111. The topological polar surface area (TPSA) is 34.4 Å². The summed E-state index contributed by atoms with van der Waals surface area (Å²) in [7, 11) is 0. The molecule has 4 heteroatoms. The van der Waals surface area contributed by atoms with Gasteiger partial charge >= 0.3 is 0 Å². The molecule has 78 valence electrons. The molecule has 0 unspecified atom stereocenters. The Bertz CT molecular complexity index is 639. The number of hydrogen-bond donors (Lipinski definition) is 0. The lowest BCUT2D eigenvalue weighted by Crippen LogP contribution is -1.83. The monoisotopic (exact) mass is 228 g/mol. The quantitative estimate of drug-likeness (QED) is 0.632. The van der Waals surface area contributed by atoms with Gasteiger partial charge in [0.15, 0.2) is 11.2 Å². The van der Waals surface area contributed by atoms with Gasteiger partial charge in [-0.1, -0.05) is 30.3 Å². The van der Waals surface area contributed by atoms with Gasteiger partial charge in [-0.3, -0.25) is 9.20 Å². The van der Waals surface area contributed by atoms with Crippen LogP contribution in [0.5, 0.6) is 0 Å². The zero-order chi connectivity index (χ0) is 11.0. The molecule has 0 saturated carbocycles. The van der Waals surface area contributed by atoms with Gasteiger partial charge in [0.25, 0.3) is 0 Å². The Kier molecular flexibility index (Phi) is 2.08. The summed E-state index contributed by atoms with van der Waals surface area (Å²) >= 11 is 1.54. The van der Waals surface area contributed by atoms with E-state index in [4.69, 9.17) is 0 Å². The van der Waals surface area contributed by atoms with Crippen LogP contribution in [0.3, 0.4) is 0 Å². The molecule has 3 rings (SSSR count). The summed E-state index contributed by atoms with van der Waals surface area (Å²) in [4.78, 5) is 15.7. The average molecular weight is 228 g/mol. The zero-order valence-electron chi connectivity index (χ0n) is 8.33. The second-order valence-corrected chi connectivity index (χ2v) is 4.26. The number of carbonyl (C=O) groups excluding carboxylic acids is 1. The van der Waals surface area contributed by atoms with Crippen molar-refractivity contribution >= 4 is 22.6 Å². The molecule has 16 heavy (non-hydrogen) atoms. The van der Waals surface area contributed by atoms with Gasteiger partial charge in [-0.2, -0.15) is 0 Å². The minimum atomic E-state index is 0.476. The van der Waals surface area contributed by atoms with E-state index in [0.29, 0.717) is 5.69 Å². The van der Waals surface area contributed by atoms with Gasteiger partial charge in [-0.15, -0.1) is 11.3 Å². The fourth-order valence-electron chi connectivity index (χ4n) is 1.67. The van der Waals surface area contributed by atoms with Crippen molar-refractivity contribution in [3.63, 3.8) is 0 Å². The van der Waals surface area contributed by atoms with Crippen molar-refractivity contribution in [2.45, 2.75) is 0 Å². The van der Waals surface area contributed by atoms with E-state index in [-0.39, 0.29) is 0 Å². The van der Waals surface area contributed by atoms with Gasteiger partial charge in [0.05, 0.1) is 5.69 Å². The molecule has 1 aromatic carbocycles. The van der Waals surface area contributed by atoms with E-state index in [9.17, 15) is 4.79 Å². The molecule has 0 amide bonds. The zero-order valence-corrected chi connectivity index (χ0v) is 9.15. The van der Waals surface area contributed by atoms with Crippen LogP contribution in [0.1, 0.15) is 10.5 Å². The molecule has 2 aromatic heterocycles. The van der Waals surface area contributed by atoms with Crippen LogP contribution < -0.4 is 0 Å². The fraction of sp³-hybridized carbons (Fsp3) is 0. The molecule has 3 aromatic rings. The van der Waals surface area contributed by atoms with Crippen molar-refractivity contribution in [3.05, 3.63) is 47.6 Å². The fourth-order valence-corrected chi connectivity index (χ4v) is 2.56. The number of aromatic nitrogens is 2. The number of aldehydes is 1. The lowest BCUT2D eigenvalue weighted by Gasteiger charge is -1.97. The molecule has 0 atom stereocenters. The highest BCUT2D eigenvalue weighted by Gasteiger charge is 2.08. The minimum Gasteiger partial charge on any atom is -0.296 e. The Labute approximate surface area is 96.0 Å². The molecule has 0 fully saturated rings. The van der Waals surface area contributed by atoms with Gasteiger partial charge in [0, 0.05) is 11.6 Å². The van der Waals surface area contributed by atoms with Gasteiger partial charge in [0.2, 0.25) is 0 Å². The van der Waals surface area contributed by atoms with Crippen molar-refractivity contribution in [1.82, 2.24) is 9.38 Å². The minimum absolute atomic E-state index is 0.476. The second kappa shape index (κ2) is 3.57. The van der Waals surface area contributed by atoms with Crippen molar-refractivity contribution in [2.24, 2.45) is 0 Å². The van der Waals surface area contributed by atoms with Crippen LogP contribution in [0, 0.1) is 0 Å². The summed E-state index contributed by atoms with van der Waals surface area (Å²) in [6, 6.07) is 10.1. The highest BCUT2D eigenvalue weighted by molar-refractivity contribution is 7.15. The Morgan fingerprint density at radius 2 is 2.06 bits per heavy atom. The Balaban J connectivity index is 2.24. The molecular weight excluding hydrogens is 220 g/mol. The van der Waals surface area contributed by atoms with E-state index >= 15 is 0 Å². The van der Waals surface area contributed by atoms with Crippen molar-refractivity contribution in [2.75, 3.05) is 0 Å². The first kappa shape index (κ1) is 9.30. The van der Waals surface area contributed by atoms with Gasteiger partial charge in [-0.05, 0) is 5.56 Å². The van der Waals surface area contributed by atoms with Crippen molar-refractivity contribution in [1.29, 1.82) is 0 Å². The number of thiazole rings is 1. The largest absolute Gasteiger partial charge is 0.296 e. The molecule has 0 aliphatic rings. The Morgan fingerprint density at radius 3 is 2.81 bits per heavy atom. The van der Waals surface area contributed by atoms with Gasteiger partial charge < -0.3 is 0 Å². The summed E-state index contributed by atoms with van der Waals surface area (Å²) in [5.41, 5.74) is 2.67. The summed E-state index contributed by atoms with van der Waals surface area (Å²) in [6.45, 7) is 0. The van der Waals surface area contributed by atoms with Crippen molar-refractivity contribution in [3.8, 4) is 11.3 Å². The van der Waals surface area contributed by atoms with E-state index < -0.39 is 0 Å². The third-order valence-electron chi connectivity index (χ3n) is 2.42. The highest BCUT2D eigenvalue weighted by atomic mass is 32.1. The first-order chi connectivity index (χ1) is 7.88. The highest BCUT2D eigenvalue weighted by Crippen LogP contribution is 2.25. The van der Waals surface area contributed by atoms with Crippen LogP contribution in [0.25, 0.3) is 16.2 Å². The maximum atomic E-state index is 10.7. The van der Waals surface area contributed by atoms with Crippen LogP contribution in [0.2, 0.25) is 0 Å². The van der Waals surface area contributed by atoms with Gasteiger partial charge in [0.1, 0.15) is 5.69 Å². The van der Waals surface area contributed by atoms with Crippen LogP contribution in [-0.2, 0) is 0 Å². The molecule has 0 aliphatic carbocycles. The van der Waals surface area contributed by atoms with E-state index in [1.54, 1.807) is 6.20 Å². The van der Waals surface area contributed by atoms with Crippen LogP contribution in [-0.4, -0.2) is 15.7 Å². The number of nitrogens with zero attached hydrogens (tertiary/aromatic N) is 2. The molecule has 0 radical (unpaired) electrons. The number of hydrogen-bond acceptors (Lipinski definition) is 3. The molecule has 0 aliphatic heterocycles.